The monoisotopic (exact) mass is 386 g/mol. The van der Waals surface area contributed by atoms with Crippen LogP contribution in [0.1, 0.15) is 22.5 Å². The van der Waals surface area contributed by atoms with Gasteiger partial charge in [0.2, 0.25) is 0 Å². The molecule has 0 amide bonds. The Kier molecular flexibility index (Phi) is 5.52. The third-order valence-electron chi connectivity index (χ3n) is 5.32. The van der Waals surface area contributed by atoms with Crippen molar-refractivity contribution < 1.29 is 9.47 Å². The molecule has 0 fully saturated rings. The summed E-state index contributed by atoms with van der Waals surface area (Å²) in [5.74, 6) is 2.82. The van der Waals surface area contributed by atoms with Crippen LogP contribution in [0, 0.1) is 13.8 Å². The number of aryl methyl sites for hydroxylation is 2. The lowest BCUT2D eigenvalue weighted by atomic mass is 10.1. The zero-order valence-electron chi connectivity index (χ0n) is 17.2. The van der Waals surface area contributed by atoms with Crippen LogP contribution >= 0.6 is 0 Å². The van der Waals surface area contributed by atoms with Crippen molar-refractivity contribution in [2.75, 3.05) is 13.7 Å². The van der Waals surface area contributed by atoms with Crippen LogP contribution in [0.15, 0.2) is 66.7 Å². The molecular weight excluding hydrogens is 360 g/mol. The van der Waals surface area contributed by atoms with Crippen LogP contribution in [0.2, 0.25) is 0 Å². The maximum atomic E-state index is 6.03. The maximum Gasteiger partial charge on any atom is 0.119 e. The van der Waals surface area contributed by atoms with Crippen molar-refractivity contribution >= 4 is 11.0 Å². The van der Waals surface area contributed by atoms with Gasteiger partial charge in [-0.1, -0.05) is 30.3 Å². The molecule has 0 spiro atoms. The Morgan fingerprint density at radius 1 is 0.862 bits per heavy atom. The van der Waals surface area contributed by atoms with Crippen LogP contribution in [0.5, 0.6) is 11.5 Å². The van der Waals surface area contributed by atoms with E-state index >= 15 is 0 Å². The number of hydrogen-bond donors (Lipinski definition) is 0. The molecule has 0 aliphatic carbocycles. The second kappa shape index (κ2) is 8.39. The number of aromatic nitrogens is 2. The number of nitrogens with zero attached hydrogens (tertiary/aromatic N) is 2. The van der Waals surface area contributed by atoms with Gasteiger partial charge in [-0.3, -0.25) is 0 Å². The number of benzene rings is 3. The first-order valence-corrected chi connectivity index (χ1v) is 9.91. The average molecular weight is 386 g/mol. The smallest absolute Gasteiger partial charge is 0.119 e. The normalized spacial score (nSPS) is 11.0. The van der Waals surface area contributed by atoms with Crippen molar-refractivity contribution in [1.29, 1.82) is 0 Å². The summed E-state index contributed by atoms with van der Waals surface area (Å²) < 4.78 is 13.6. The van der Waals surface area contributed by atoms with Crippen molar-refractivity contribution in [2.24, 2.45) is 0 Å². The molecule has 0 atom stereocenters. The van der Waals surface area contributed by atoms with E-state index in [2.05, 4.69) is 60.9 Å². The largest absolute Gasteiger partial charge is 0.497 e. The van der Waals surface area contributed by atoms with Crippen LogP contribution in [-0.4, -0.2) is 23.3 Å². The Labute approximate surface area is 171 Å². The van der Waals surface area contributed by atoms with Gasteiger partial charge in [0, 0.05) is 6.42 Å². The average Bonchev–Trinajstić information content (AvgIpc) is 3.08. The highest BCUT2D eigenvalue weighted by Crippen LogP contribution is 2.21. The van der Waals surface area contributed by atoms with Crippen molar-refractivity contribution in [3.05, 3.63) is 89.2 Å². The molecule has 0 N–H and O–H groups in total. The second-order valence-electron chi connectivity index (χ2n) is 7.29. The predicted octanol–water partition coefficient (Wildman–Crippen LogP) is 5.33. The summed E-state index contributed by atoms with van der Waals surface area (Å²) in [7, 11) is 1.68. The van der Waals surface area contributed by atoms with Gasteiger partial charge in [0.05, 0.1) is 24.7 Å². The van der Waals surface area contributed by atoms with Crippen LogP contribution < -0.4 is 9.47 Å². The Hall–Kier alpha value is -3.27. The van der Waals surface area contributed by atoms with Crippen LogP contribution in [0.25, 0.3) is 11.0 Å². The molecule has 4 aromatic rings. The summed E-state index contributed by atoms with van der Waals surface area (Å²) in [6, 6.07) is 22.7. The number of ether oxygens (including phenoxy) is 2. The van der Waals surface area contributed by atoms with E-state index in [0.29, 0.717) is 6.61 Å². The van der Waals surface area contributed by atoms with E-state index in [0.717, 1.165) is 41.3 Å². The highest BCUT2D eigenvalue weighted by molar-refractivity contribution is 5.76. The van der Waals surface area contributed by atoms with Gasteiger partial charge in [-0.05, 0) is 66.9 Å². The van der Waals surface area contributed by atoms with E-state index in [4.69, 9.17) is 14.5 Å². The highest BCUT2D eigenvalue weighted by atomic mass is 16.5. The lowest BCUT2D eigenvalue weighted by molar-refractivity contribution is 0.298. The fourth-order valence-corrected chi connectivity index (χ4v) is 3.49. The fourth-order valence-electron chi connectivity index (χ4n) is 3.49. The molecule has 4 heteroatoms. The van der Waals surface area contributed by atoms with Crippen molar-refractivity contribution in [3.63, 3.8) is 0 Å². The van der Waals surface area contributed by atoms with Gasteiger partial charge < -0.3 is 14.0 Å². The van der Waals surface area contributed by atoms with Crippen LogP contribution in [-0.2, 0) is 13.0 Å². The number of hydrogen-bond acceptors (Lipinski definition) is 3. The topological polar surface area (TPSA) is 36.3 Å². The van der Waals surface area contributed by atoms with Crippen LogP contribution in [0.4, 0.5) is 0 Å². The number of para-hydroxylation sites is 2. The second-order valence-corrected chi connectivity index (χ2v) is 7.29. The first kappa shape index (κ1) is 19.1. The molecule has 0 radical (unpaired) electrons. The summed E-state index contributed by atoms with van der Waals surface area (Å²) in [5, 5.41) is 0. The molecule has 148 valence electrons. The molecule has 4 nitrogen and oxygen atoms in total. The van der Waals surface area contributed by atoms with Gasteiger partial charge in [0.1, 0.15) is 23.9 Å². The van der Waals surface area contributed by atoms with E-state index in [1.807, 2.05) is 24.3 Å². The summed E-state index contributed by atoms with van der Waals surface area (Å²) in [5.41, 5.74) is 5.88. The van der Waals surface area contributed by atoms with Gasteiger partial charge in [-0.2, -0.15) is 0 Å². The number of rotatable bonds is 7. The molecule has 0 saturated carbocycles. The number of methoxy groups -OCH3 is 1. The number of fused-ring (bicyclic) bond motifs is 1. The zero-order valence-corrected chi connectivity index (χ0v) is 17.2. The summed E-state index contributed by atoms with van der Waals surface area (Å²) in [6.45, 7) is 5.57. The van der Waals surface area contributed by atoms with E-state index in [-0.39, 0.29) is 0 Å². The molecule has 0 aliphatic rings. The zero-order chi connectivity index (χ0) is 20.2. The predicted molar refractivity (Wildman–Crippen MR) is 117 cm³/mol. The van der Waals surface area contributed by atoms with Crippen molar-refractivity contribution in [2.45, 2.75) is 26.8 Å². The highest BCUT2D eigenvalue weighted by Gasteiger charge is 2.11. The van der Waals surface area contributed by atoms with Crippen LogP contribution in [0.3, 0.4) is 0 Å². The Morgan fingerprint density at radius 2 is 1.62 bits per heavy atom. The maximum absolute atomic E-state index is 6.03. The summed E-state index contributed by atoms with van der Waals surface area (Å²) in [4.78, 5) is 4.88. The minimum Gasteiger partial charge on any atom is -0.497 e. The molecule has 1 heterocycles. The van der Waals surface area contributed by atoms with E-state index in [1.165, 1.54) is 16.7 Å². The molecule has 0 unspecified atom stereocenters. The van der Waals surface area contributed by atoms with E-state index in [1.54, 1.807) is 7.11 Å². The van der Waals surface area contributed by atoms with Gasteiger partial charge in [0.15, 0.2) is 0 Å². The molecule has 3 aromatic carbocycles. The molecule has 0 saturated heterocycles. The van der Waals surface area contributed by atoms with Crippen molar-refractivity contribution in [3.8, 4) is 11.5 Å². The van der Waals surface area contributed by atoms with Crippen molar-refractivity contribution in [1.82, 2.24) is 9.55 Å². The van der Waals surface area contributed by atoms with E-state index in [9.17, 15) is 0 Å². The first-order valence-electron chi connectivity index (χ1n) is 9.91. The number of imidazole rings is 1. The fraction of sp³-hybridized carbons (Fsp3) is 0.240. The van der Waals surface area contributed by atoms with Gasteiger partial charge in [-0.15, -0.1) is 0 Å². The van der Waals surface area contributed by atoms with Gasteiger partial charge in [-0.25, -0.2) is 4.98 Å². The molecule has 29 heavy (non-hydrogen) atoms. The molecule has 4 rings (SSSR count). The molecule has 0 aliphatic heterocycles. The quantitative estimate of drug-likeness (QED) is 0.431. The molecule has 1 aromatic heterocycles. The Morgan fingerprint density at radius 3 is 2.38 bits per heavy atom. The lowest BCUT2D eigenvalue weighted by Gasteiger charge is -2.12. The van der Waals surface area contributed by atoms with Gasteiger partial charge in [0.25, 0.3) is 0 Å². The molecular formula is C25H26N2O2. The Balaban J connectivity index is 1.54. The van der Waals surface area contributed by atoms with E-state index < -0.39 is 0 Å². The van der Waals surface area contributed by atoms with Gasteiger partial charge >= 0.3 is 0 Å². The molecule has 0 bridgehead atoms. The minimum atomic E-state index is 0.596. The first-order chi connectivity index (χ1) is 14.1. The minimum absolute atomic E-state index is 0.596. The summed E-state index contributed by atoms with van der Waals surface area (Å²) >= 11 is 0. The SMILES string of the molecule is COc1ccc(Cc2nc3ccccc3n2CCOc2ccc(C)c(C)c2)cc1. The summed E-state index contributed by atoms with van der Waals surface area (Å²) in [6.07, 6.45) is 0.766. The Bertz CT molecular complexity index is 1110. The standard InChI is InChI=1S/C25H26N2O2/c1-18-8-11-22(16-19(18)2)29-15-14-27-24-7-5-4-6-23(24)26-25(27)17-20-9-12-21(28-3)13-10-20/h4-13,16H,14-15,17H2,1-3H3. The third kappa shape index (κ3) is 4.27. The third-order valence-corrected chi connectivity index (χ3v) is 5.32. The lowest BCUT2D eigenvalue weighted by Crippen LogP contribution is -2.11.